The van der Waals surface area contributed by atoms with E-state index < -0.39 is 26.5 Å². The molecule has 10 heteroatoms. The number of unbranched alkanes of at least 4 members (excludes halogenated alkanes) is 23. The summed E-state index contributed by atoms with van der Waals surface area (Å²) in [6.07, 6.45) is 40.6. The molecule has 0 aromatic heterocycles. The van der Waals surface area contributed by atoms with Crippen molar-refractivity contribution in [2.75, 3.05) is 26.4 Å². The second kappa shape index (κ2) is 39.2. The molecule has 0 aliphatic heterocycles. The number of ether oxygens (including phenoxy) is 2. The average Bonchev–Trinajstić information content (AvgIpc) is 3.13. The Labute approximate surface area is 319 Å². The van der Waals surface area contributed by atoms with Crippen molar-refractivity contribution in [3.63, 3.8) is 0 Å². The number of carbonyl (C=O) groups is 2. The molecule has 9 nitrogen and oxygen atoms in total. The molecule has 3 N–H and O–H groups in total. The lowest BCUT2D eigenvalue weighted by Gasteiger charge is -2.19. The minimum absolute atomic E-state index is 0.0542. The topological polar surface area (TPSA) is 134 Å². The molecule has 0 saturated carbocycles. The number of hydrogen-bond donors (Lipinski definition) is 2. The van der Waals surface area contributed by atoms with Gasteiger partial charge in [0.25, 0.3) is 0 Å². The highest BCUT2D eigenvalue weighted by atomic mass is 31.2. The lowest BCUT2D eigenvalue weighted by Crippen LogP contribution is -2.29. The molecule has 0 aromatic rings. The van der Waals surface area contributed by atoms with Crippen molar-refractivity contribution >= 4 is 19.8 Å². The number of carbonyl (C=O) groups excluding carboxylic acids is 2. The number of rotatable bonds is 40. The van der Waals surface area contributed by atoms with E-state index in [1.807, 2.05) is 0 Å². The zero-order valence-electron chi connectivity index (χ0n) is 33.6. The summed E-state index contributed by atoms with van der Waals surface area (Å²) >= 11 is 0. The van der Waals surface area contributed by atoms with Crippen LogP contribution in [0.4, 0.5) is 0 Å². The number of hydrogen-bond acceptors (Lipinski definition) is 8. The highest BCUT2D eigenvalue weighted by molar-refractivity contribution is 7.47. The molecule has 0 bridgehead atoms. The fraction of sp³-hybridized carbons (Fsp3) is 0.857. The molecular weight excluding hydrogens is 677 g/mol. The van der Waals surface area contributed by atoms with E-state index >= 15 is 0 Å². The summed E-state index contributed by atoms with van der Waals surface area (Å²) in [7, 11) is -4.37. The van der Waals surface area contributed by atoms with Crippen molar-refractivity contribution < 1.29 is 37.6 Å². The van der Waals surface area contributed by atoms with Crippen LogP contribution in [-0.4, -0.2) is 49.3 Å². The fourth-order valence-electron chi connectivity index (χ4n) is 5.90. The zero-order valence-corrected chi connectivity index (χ0v) is 34.4. The van der Waals surface area contributed by atoms with Crippen LogP contribution in [0.15, 0.2) is 24.3 Å². The van der Waals surface area contributed by atoms with Crippen molar-refractivity contribution in [3.05, 3.63) is 24.3 Å². The first-order chi connectivity index (χ1) is 25.3. The highest BCUT2D eigenvalue weighted by Gasteiger charge is 2.26. The minimum Gasteiger partial charge on any atom is -0.462 e. The maximum absolute atomic E-state index is 12.6. The Morgan fingerprint density at radius 2 is 1.00 bits per heavy atom. The molecule has 0 aliphatic carbocycles. The Morgan fingerprint density at radius 1 is 0.577 bits per heavy atom. The van der Waals surface area contributed by atoms with Gasteiger partial charge in [-0.1, -0.05) is 167 Å². The monoisotopic (exact) mass is 758 g/mol. The maximum Gasteiger partial charge on any atom is 0.472 e. The van der Waals surface area contributed by atoms with Gasteiger partial charge in [0.1, 0.15) is 6.61 Å². The van der Waals surface area contributed by atoms with Gasteiger partial charge >= 0.3 is 19.8 Å². The number of nitrogens with two attached hydrogens (primary N) is 1. The fourth-order valence-corrected chi connectivity index (χ4v) is 6.67. The van der Waals surface area contributed by atoms with Crippen molar-refractivity contribution in [1.29, 1.82) is 0 Å². The van der Waals surface area contributed by atoms with Crippen LogP contribution in [-0.2, 0) is 32.7 Å². The van der Waals surface area contributed by atoms with Crippen molar-refractivity contribution in [2.24, 2.45) is 5.73 Å². The summed E-state index contributed by atoms with van der Waals surface area (Å²) in [4.78, 5) is 34.8. The molecule has 0 aliphatic rings. The van der Waals surface area contributed by atoms with E-state index in [1.54, 1.807) is 0 Å². The maximum atomic E-state index is 12.6. The molecule has 0 saturated heterocycles. The molecule has 0 heterocycles. The smallest absolute Gasteiger partial charge is 0.462 e. The Morgan fingerprint density at radius 3 is 1.50 bits per heavy atom. The van der Waals surface area contributed by atoms with Crippen LogP contribution in [0.1, 0.15) is 200 Å². The van der Waals surface area contributed by atoms with Gasteiger partial charge in [0, 0.05) is 19.4 Å². The molecule has 0 rings (SSSR count). The molecule has 306 valence electrons. The number of allylic oxidation sites excluding steroid dienone is 4. The van der Waals surface area contributed by atoms with Crippen LogP contribution in [0.25, 0.3) is 0 Å². The van der Waals surface area contributed by atoms with E-state index in [9.17, 15) is 19.0 Å². The van der Waals surface area contributed by atoms with Gasteiger partial charge in [0.05, 0.1) is 13.2 Å². The molecule has 2 atom stereocenters. The van der Waals surface area contributed by atoms with E-state index in [-0.39, 0.29) is 38.6 Å². The first kappa shape index (κ1) is 50.5. The quantitative estimate of drug-likeness (QED) is 0.0271. The molecule has 0 fully saturated rings. The first-order valence-electron chi connectivity index (χ1n) is 21.3. The molecule has 0 amide bonds. The van der Waals surface area contributed by atoms with Gasteiger partial charge < -0.3 is 20.1 Å². The Kier molecular flexibility index (Phi) is 38.1. The minimum atomic E-state index is -4.37. The van der Waals surface area contributed by atoms with Crippen molar-refractivity contribution in [2.45, 2.75) is 206 Å². The SMILES string of the molecule is CCCCC/C=C\C/C=C\CCCCCCCCCCCC(=O)O[C@H](COC(=O)CCCCCCCCCCCCCC)COP(=O)(O)OCCN. The van der Waals surface area contributed by atoms with Crippen LogP contribution >= 0.6 is 7.82 Å². The summed E-state index contributed by atoms with van der Waals surface area (Å²) in [5.74, 6) is -0.828. The van der Waals surface area contributed by atoms with E-state index in [1.165, 1.54) is 116 Å². The van der Waals surface area contributed by atoms with Gasteiger partial charge in [-0.15, -0.1) is 0 Å². The van der Waals surface area contributed by atoms with Crippen LogP contribution in [0.5, 0.6) is 0 Å². The summed E-state index contributed by atoms with van der Waals surface area (Å²) in [5.41, 5.74) is 5.34. The molecule has 52 heavy (non-hydrogen) atoms. The van der Waals surface area contributed by atoms with Crippen molar-refractivity contribution in [3.8, 4) is 0 Å². The Bertz CT molecular complexity index is 912. The summed E-state index contributed by atoms with van der Waals surface area (Å²) < 4.78 is 32.7. The van der Waals surface area contributed by atoms with Gasteiger partial charge in [0.15, 0.2) is 6.10 Å². The molecule has 0 aromatic carbocycles. The average molecular weight is 758 g/mol. The van der Waals surface area contributed by atoms with E-state index in [0.29, 0.717) is 6.42 Å². The largest absolute Gasteiger partial charge is 0.472 e. The second-order valence-electron chi connectivity index (χ2n) is 14.2. The molecular formula is C42H80NO8P. The third-order valence-electron chi connectivity index (χ3n) is 9.09. The van der Waals surface area contributed by atoms with Gasteiger partial charge in [-0.2, -0.15) is 0 Å². The lowest BCUT2D eigenvalue weighted by atomic mass is 10.0. The van der Waals surface area contributed by atoms with E-state index in [0.717, 1.165) is 51.4 Å². The number of phosphoric ester groups is 1. The third kappa shape index (κ3) is 38.2. The van der Waals surface area contributed by atoms with Gasteiger partial charge in [-0.05, 0) is 44.9 Å². The summed E-state index contributed by atoms with van der Waals surface area (Å²) in [5, 5.41) is 0. The van der Waals surface area contributed by atoms with Crippen molar-refractivity contribution in [1.82, 2.24) is 0 Å². The standard InChI is InChI=1S/C42H80NO8P/c1-3-5-7-9-11-13-15-17-18-19-20-21-22-23-25-27-29-31-33-35-42(45)51-40(39-50-52(46,47)49-37-36-43)38-48-41(44)34-32-30-28-26-24-16-14-12-10-8-6-4-2/h11,13,17-18,40H,3-10,12,14-16,19-39,43H2,1-2H3,(H,46,47)/b13-11-,18-17-/t40-/m1/s1. The lowest BCUT2D eigenvalue weighted by molar-refractivity contribution is -0.161. The molecule has 0 radical (unpaired) electrons. The Hall–Kier alpha value is -1.51. The summed E-state index contributed by atoms with van der Waals surface area (Å²) in [6, 6.07) is 0. The number of esters is 2. The third-order valence-corrected chi connectivity index (χ3v) is 10.1. The Balaban J connectivity index is 4.13. The second-order valence-corrected chi connectivity index (χ2v) is 15.7. The van der Waals surface area contributed by atoms with E-state index in [2.05, 4.69) is 38.2 Å². The van der Waals surface area contributed by atoms with Gasteiger partial charge in [-0.25, -0.2) is 4.57 Å². The zero-order chi connectivity index (χ0) is 38.2. The normalized spacial score (nSPS) is 13.5. The van der Waals surface area contributed by atoms with Crippen LogP contribution in [0.2, 0.25) is 0 Å². The predicted molar refractivity (Wildman–Crippen MR) is 215 cm³/mol. The molecule has 0 spiro atoms. The van der Waals surface area contributed by atoms with Gasteiger partial charge in [0.2, 0.25) is 0 Å². The first-order valence-corrected chi connectivity index (χ1v) is 22.8. The number of phosphoric acid groups is 1. The summed E-state index contributed by atoms with van der Waals surface area (Å²) in [6.45, 7) is 3.71. The van der Waals surface area contributed by atoms with Crippen LogP contribution < -0.4 is 5.73 Å². The predicted octanol–water partition coefficient (Wildman–Crippen LogP) is 12.0. The van der Waals surface area contributed by atoms with E-state index in [4.69, 9.17) is 24.3 Å². The van der Waals surface area contributed by atoms with Crippen LogP contribution in [0.3, 0.4) is 0 Å². The van der Waals surface area contributed by atoms with Crippen LogP contribution in [0, 0.1) is 0 Å². The highest BCUT2D eigenvalue weighted by Crippen LogP contribution is 2.43. The van der Waals surface area contributed by atoms with Gasteiger partial charge in [-0.3, -0.25) is 18.6 Å². The molecule has 1 unspecified atom stereocenters.